The number of aliphatic carboxylic acids is 1. The first-order chi connectivity index (χ1) is 16.4. The smallest absolute Gasteiger partial charge is 0.305 e. The summed E-state index contributed by atoms with van der Waals surface area (Å²) < 4.78 is 1.97. The van der Waals surface area contributed by atoms with E-state index in [0.717, 1.165) is 60.4 Å². The van der Waals surface area contributed by atoms with E-state index in [0.29, 0.717) is 11.2 Å². The summed E-state index contributed by atoms with van der Waals surface area (Å²) in [5.74, 6) is -0.0179. The van der Waals surface area contributed by atoms with E-state index in [1.165, 1.54) is 6.42 Å². The first-order valence-electron chi connectivity index (χ1n) is 12.2. The van der Waals surface area contributed by atoms with Crippen LogP contribution in [0.3, 0.4) is 0 Å². The highest BCUT2D eigenvalue weighted by molar-refractivity contribution is 5.95. The lowest BCUT2D eigenvalue weighted by atomic mass is 9.82. The van der Waals surface area contributed by atoms with Crippen molar-refractivity contribution in [1.82, 2.24) is 14.7 Å². The molecule has 1 aliphatic rings. The van der Waals surface area contributed by atoms with Crippen LogP contribution in [0.5, 0.6) is 0 Å². The van der Waals surface area contributed by atoms with Gasteiger partial charge in [0.15, 0.2) is 0 Å². The average Bonchev–Trinajstić information content (AvgIpc) is 3.18. The third-order valence-electron chi connectivity index (χ3n) is 6.95. The zero-order valence-corrected chi connectivity index (χ0v) is 20.2. The number of anilines is 2. The summed E-state index contributed by atoms with van der Waals surface area (Å²) in [6, 6.07) is 9.40. The Bertz CT molecular complexity index is 1170. The molecule has 1 unspecified atom stereocenters. The highest BCUT2D eigenvalue weighted by Crippen LogP contribution is 2.30. The molecule has 3 N–H and O–H groups in total. The third-order valence-corrected chi connectivity index (χ3v) is 6.95. The number of nitrogens with one attached hydrogen (secondary N) is 2. The number of hydrogen-bond acceptors (Lipinski definition) is 4. The molecular weight excluding hydrogens is 428 g/mol. The van der Waals surface area contributed by atoms with Crippen molar-refractivity contribution in [2.24, 2.45) is 5.92 Å². The Hall–Kier alpha value is -3.35. The lowest BCUT2D eigenvalue weighted by molar-refractivity contribution is -0.137. The van der Waals surface area contributed by atoms with Crippen molar-refractivity contribution >= 4 is 29.0 Å². The summed E-state index contributed by atoms with van der Waals surface area (Å²) in [6.07, 6.45) is 7.84. The monoisotopic (exact) mass is 462 g/mol. The molecule has 2 aromatic heterocycles. The molecule has 2 heterocycles. The highest BCUT2D eigenvalue weighted by atomic mass is 16.4. The van der Waals surface area contributed by atoms with Crippen molar-refractivity contribution in [2.45, 2.75) is 71.8 Å². The van der Waals surface area contributed by atoms with Crippen LogP contribution < -0.4 is 10.6 Å². The lowest BCUT2D eigenvalue weighted by Gasteiger charge is -2.30. The van der Waals surface area contributed by atoms with E-state index >= 15 is 0 Å². The molecule has 0 radical (unpaired) electrons. The Morgan fingerprint density at radius 3 is 2.50 bits per heavy atom. The number of carbonyl (C=O) groups is 2. The molecular formula is C27H34N4O3. The van der Waals surface area contributed by atoms with E-state index in [4.69, 9.17) is 4.98 Å². The van der Waals surface area contributed by atoms with Gasteiger partial charge in [-0.1, -0.05) is 44.4 Å². The molecule has 7 heteroatoms. The van der Waals surface area contributed by atoms with Gasteiger partial charge in [0.1, 0.15) is 11.5 Å². The predicted molar refractivity (Wildman–Crippen MR) is 134 cm³/mol. The van der Waals surface area contributed by atoms with E-state index in [-0.39, 0.29) is 24.3 Å². The van der Waals surface area contributed by atoms with Crippen LogP contribution in [0.15, 0.2) is 36.5 Å². The van der Waals surface area contributed by atoms with Crippen molar-refractivity contribution in [3.63, 3.8) is 0 Å². The maximum atomic E-state index is 13.1. The number of pyridine rings is 1. The Balaban J connectivity index is 1.60. The fraction of sp³-hybridized carbons (Fsp3) is 0.444. The number of hydrogen-bond donors (Lipinski definition) is 3. The van der Waals surface area contributed by atoms with Crippen LogP contribution >= 0.6 is 0 Å². The number of fused-ring (bicyclic) bond motifs is 1. The summed E-state index contributed by atoms with van der Waals surface area (Å²) in [7, 11) is 0. The minimum absolute atomic E-state index is 0.0497. The molecule has 0 aliphatic heterocycles. The Kier molecular flexibility index (Phi) is 7.20. The predicted octanol–water partition coefficient (Wildman–Crippen LogP) is 5.41. The standard InChI is InChI=1S/C27H34N4O3/c1-4-21-26(30-25-17(2)9-8-10-18(25)3)31-14-13-20(15-23(31)28-21)27(34)29-22(16-24(32)33)19-11-6-5-7-12-19/h8-10,13-15,19,22,30H,4-7,11-12,16H2,1-3H3,(H,29,34)(H,32,33). The number of para-hydroxylation sites is 1. The van der Waals surface area contributed by atoms with Crippen molar-refractivity contribution in [3.05, 3.63) is 58.9 Å². The van der Waals surface area contributed by atoms with Gasteiger partial charge in [0.25, 0.3) is 5.91 Å². The van der Waals surface area contributed by atoms with Crippen LogP contribution in [0.4, 0.5) is 11.5 Å². The first kappa shape index (κ1) is 23.8. The van der Waals surface area contributed by atoms with Gasteiger partial charge in [-0.15, -0.1) is 0 Å². The molecule has 1 atom stereocenters. The summed E-state index contributed by atoms with van der Waals surface area (Å²) in [4.78, 5) is 29.3. The molecule has 1 saturated carbocycles. The molecule has 1 amide bonds. The van der Waals surface area contributed by atoms with Crippen LogP contribution in [0.1, 0.15) is 72.6 Å². The van der Waals surface area contributed by atoms with Crippen LogP contribution in [0.25, 0.3) is 5.65 Å². The minimum atomic E-state index is -0.880. The third kappa shape index (κ3) is 5.08. The van der Waals surface area contributed by atoms with E-state index in [9.17, 15) is 14.7 Å². The summed E-state index contributed by atoms with van der Waals surface area (Å²) in [5, 5.41) is 16.0. The molecule has 180 valence electrons. The molecule has 3 aromatic rings. The number of imidazole rings is 1. The quantitative estimate of drug-likeness (QED) is 0.416. The van der Waals surface area contributed by atoms with Gasteiger partial charge in [-0.3, -0.25) is 14.0 Å². The zero-order chi connectivity index (χ0) is 24.2. The lowest BCUT2D eigenvalue weighted by Crippen LogP contribution is -2.42. The Labute approximate surface area is 200 Å². The van der Waals surface area contributed by atoms with E-state index in [2.05, 4.69) is 43.5 Å². The number of carboxylic acids is 1. The number of aryl methyl sites for hydroxylation is 3. The van der Waals surface area contributed by atoms with Gasteiger partial charge in [0.2, 0.25) is 0 Å². The van der Waals surface area contributed by atoms with Crippen LogP contribution in [0, 0.1) is 19.8 Å². The number of benzene rings is 1. The second-order valence-corrected chi connectivity index (χ2v) is 9.37. The maximum Gasteiger partial charge on any atom is 0.305 e. The number of amides is 1. The normalized spacial score (nSPS) is 15.3. The molecule has 0 bridgehead atoms. The molecule has 0 saturated heterocycles. The van der Waals surface area contributed by atoms with E-state index in [1.54, 1.807) is 12.1 Å². The molecule has 0 spiro atoms. The Morgan fingerprint density at radius 1 is 1.15 bits per heavy atom. The molecule has 34 heavy (non-hydrogen) atoms. The maximum absolute atomic E-state index is 13.1. The van der Waals surface area contributed by atoms with Crippen LogP contribution in [-0.4, -0.2) is 32.4 Å². The Morgan fingerprint density at radius 2 is 1.85 bits per heavy atom. The fourth-order valence-corrected chi connectivity index (χ4v) is 5.06. The van der Waals surface area contributed by atoms with Gasteiger partial charge < -0.3 is 15.7 Å². The number of rotatable bonds is 8. The van der Waals surface area contributed by atoms with Crippen molar-refractivity contribution < 1.29 is 14.7 Å². The van der Waals surface area contributed by atoms with E-state index in [1.807, 2.05) is 16.7 Å². The van der Waals surface area contributed by atoms with Gasteiger partial charge in [0.05, 0.1) is 12.1 Å². The SMILES string of the molecule is CCc1nc2cc(C(=O)NC(CC(=O)O)C3CCCCC3)ccn2c1Nc1c(C)cccc1C. The topological polar surface area (TPSA) is 95.7 Å². The number of nitrogens with zero attached hydrogens (tertiary/aromatic N) is 2. The van der Waals surface area contributed by atoms with Gasteiger partial charge in [-0.25, -0.2) is 4.98 Å². The summed E-state index contributed by atoms with van der Waals surface area (Å²) >= 11 is 0. The van der Waals surface area contributed by atoms with Crippen molar-refractivity contribution in [3.8, 4) is 0 Å². The number of aromatic nitrogens is 2. The zero-order valence-electron chi connectivity index (χ0n) is 20.2. The number of carboxylic acid groups (broad SMARTS) is 1. The molecule has 1 aromatic carbocycles. The molecule has 7 nitrogen and oxygen atoms in total. The minimum Gasteiger partial charge on any atom is -0.481 e. The second-order valence-electron chi connectivity index (χ2n) is 9.37. The average molecular weight is 463 g/mol. The van der Waals surface area contributed by atoms with Gasteiger partial charge >= 0.3 is 5.97 Å². The second kappa shape index (κ2) is 10.3. The van der Waals surface area contributed by atoms with Gasteiger partial charge in [-0.05, 0) is 62.3 Å². The first-order valence-corrected chi connectivity index (χ1v) is 12.2. The fourth-order valence-electron chi connectivity index (χ4n) is 5.06. The molecule has 4 rings (SSSR count). The van der Waals surface area contributed by atoms with E-state index < -0.39 is 5.97 Å². The molecule has 1 aliphatic carbocycles. The van der Waals surface area contributed by atoms with Gasteiger partial charge in [-0.2, -0.15) is 0 Å². The number of carbonyl (C=O) groups excluding carboxylic acids is 1. The highest BCUT2D eigenvalue weighted by Gasteiger charge is 2.27. The largest absolute Gasteiger partial charge is 0.481 e. The van der Waals surface area contributed by atoms with Crippen molar-refractivity contribution in [1.29, 1.82) is 0 Å². The van der Waals surface area contributed by atoms with Crippen LogP contribution in [-0.2, 0) is 11.2 Å². The summed E-state index contributed by atoms with van der Waals surface area (Å²) in [6.45, 7) is 6.21. The molecule has 1 fully saturated rings. The van der Waals surface area contributed by atoms with Crippen LogP contribution in [0.2, 0.25) is 0 Å². The summed E-state index contributed by atoms with van der Waals surface area (Å²) in [5.41, 5.74) is 5.46. The van der Waals surface area contributed by atoms with Crippen molar-refractivity contribution in [2.75, 3.05) is 5.32 Å². The van der Waals surface area contributed by atoms with Gasteiger partial charge in [0, 0.05) is 23.5 Å².